The SMILES string of the molecule is COCN1C(=O)N(C(C)O)C2C1N(COC)C(=O)N2C(C)O. The van der Waals surface area contributed by atoms with E-state index in [2.05, 4.69) is 0 Å². The Bertz CT molecular complexity index is 407. The lowest BCUT2D eigenvalue weighted by Gasteiger charge is -2.32. The molecule has 22 heavy (non-hydrogen) atoms. The Balaban J connectivity index is 2.46. The van der Waals surface area contributed by atoms with Crippen LogP contribution in [0.5, 0.6) is 0 Å². The van der Waals surface area contributed by atoms with Crippen molar-refractivity contribution in [3.8, 4) is 0 Å². The van der Waals surface area contributed by atoms with Gasteiger partial charge in [-0.3, -0.25) is 19.6 Å². The van der Waals surface area contributed by atoms with Crippen LogP contribution in [0.3, 0.4) is 0 Å². The zero-order valence-corrected chi connectivity index (χ0v) is 13.0. The first-order valence-corrected chi connectivity index (χ1v) is 6.88. The minimum atomic E-state index is -1.13. The summed E-state index contributed by atoms with van der Waals surface area (Å²) in [5.74, 6) is 0. The number of amides is 4. The molecule has 2 aliphatic heterocycles. The van der Waals surface area contributed by atoms with Crippen LogP contribution < -0.4 is 0 Å². The Morgan fingerprint density at radius 3 is 1.55 bits per heavy atom. The van der Waals surface area contributed by atoms with Crippen LogP contribution in [0.4, 0.5) is 9.59 Å². The van der Waals surface area contributed by atoms with Gasteiger partial charge in [0.2, 0.25) is 0 Å². The van der Waals surface area contributed by atoms with E-state index in [1.165, 1.54) is 37.9 Å². The number of carbonyl (C=O) groups excluding carboxylic acids is 2. The van der Waals surface area contributed by atoms with Crippen molar-refractivity contribution in [1.29, 1.82) is 0 Å². The lowest BCUT2D eigenvalue weighted by molar-refractivity contribution is -0.0504. The van der Waals surface area contributed by atoms with E-state index in [1.807, 2.05) is 0 Å². The van der Waals surface area contributed by atoms with E-state index in [0.29, 0.717) is 0 Å². The second kappa shape index (κ2) is 6.24. The zero-order chi connectivity index (χ0) is 16.6. The van der Waals surface area contributed by atoms with Crippen LogP contribution in [0.15, 0.2) is 0 Å². The third kappa shape index (κ3) is 2.37. The summed E-state index contributed by atoms with van der Waals surface area (Å²) in [6.45, 7) is 2.75. The summed E-state index contributed by atoms with van der Waals surface area (Å²) in [5.41, 5.74) is 0. The molecule has 0 aromatic rings. The lowest BCUT2D eigenvalue weighted by Crippen LogP contribution is -2.53. The molecule has 2 unspecified atom stereocenters. The van der Waals surface area contributed by atoms with Crippen molar-refractivity contribution in [2.24, 2.45) is 0 Å². The van der Waals surface area contributed by atoms with Gasteiger partial charge in [0.15, 0.2) is 12.3 Å². The average Bonchev–Trinajstić information content (AvgIpc) is 2.84. The number of hydrogen-bond donors (Lipinski definition) is 2. The third-order valence-electron chi connectivity index (χ3n) is 3.75. The highest BCUT2D eigenvalue weighted by Crippen LogP contribution is 2.36. The van der Waals surface area contributed by atoms with Crippen molar-refractivity contribution in [2.45, 2.75) is 38.6 Å². The maximum atomic E-state index is 12.5. The van der Waals surface area contributed by atoms with Crippen molar-refractivity contribution in [2.75, 3.05) is 27.7 Å². The summed E-state index contributed by atoms with van der Waals surface area (Å²) >= 11 is 0. The molecule has 2 fully saturated rings. The van der Waals surface area contributed by atoms with Gasteiger partial charge in [-0.1, -0.05) is 0 Å². The zero-order valence-electron chi connectivity index (χ0n) is 13.0. The Morgan fingerprint density at radius 1 is 0.909 bits per heavy atom. The van der Waals surface area contributed by atoms with Crippen LogP contribution in [0.25, 0.3) is 0 Å². The first-order valence-electron chi connectivity index (χ1n) is 6.88. The fourth-order valence-corrected chi connectivity index (χ4v) is 2.96. The molecule has 4 amide bonds. The monoisotopic (exact) mass is 318 g/mol. The Morgan fingerprint density at radius 2 is 1.27 bits per heavy atom. The van der Waals surface area contributed by atoms with Crippen LogP contribution in [0.1, 0.15) is 13.8 Å². The first kappa shape index (κ1) is 16.7. The molecule has 0 aromatic carbocycles. The molecule has 0 aliphatic carbocycles. The Kier molecular flexibility index (Phi) is 4.75. The number of urea groups is 2. The summed E-state index contributed by atoms with van der Waals surface area (Å²) in [5, 5.41) is 19.9. The maximum Gasteiger partial charge on any atom is 0.327 e. The molecule has 0 bridgehead atoms. The number of nitrogens with zero attached hydrogens (tertiary/aromatic N) is 4. The summed E-state index contributed by atoms with van der Waals surface area (Å²) in [7, 11) is 2.86. The van der Waals surface area contributed by atoms with Gasteiger partial charge in [-0.15, -0.1) is 0 Å². The van der Waals surface area contributed by atoms with Gasteiger partial charge >= 0.3 is 12.1 Å². The van der Waals surface area contributed by atoms with E-state index >= 15 is 0 Å². The van der Waals surface area contributed by atoms with Gasteiger partial charge in [0, 0.05) is 14.2 Å². The van der Waals surface area contributed by atoms with E-state index in [0.717, 1.165) is 9.80 Å². The molecule has 2 heterocycles. The van der Waals surface area contributed by atoms with Crippen molar-refractivity contribution in [1.82, 2.24) is 19.6 Å². The second-order valence-electron chi connectivity index (χ2n) is 5.25. The highest BCUT2D eigenvalue weighted by Gasteiger charge is 2.61. The van der Waals surface area contributed by atoms with Gasteiger partial charge in [0.05, 0.1) is 0 Å². The van der Waals surface area contributed by atoms with Crippen molar-refractivity contribution >= 4 is 12.1 Å². The number of ether oxygens (including phenoxy) is 2. The number of hydrogen-bond acceptors (Lipinski definition) is 6. The molecule has 2 N–H and O–H groups in total. The van der Waals surface area contributed by atoms with Gasteiger partial charge < -0.3 is 19.7 Å². The van der Waals surface area contributed by atoms with Gasteiger partial charge in [-0.25, -0.2) is 9.59 Å². The average molecular weight is 318 g/mol. The highest BCUT2D eigenvalue weighted by atomic mass is 16.5. The maximum absolute atomic E-state index is 12.5. The molecule has 126 valence electrons. The summed E-state index contributed by atoms with van der Waals surface area (Å²) in [6, 6.07) is -0.961. The van der Waals surface area contributed by atoms with Gasteiger partial charge in [0.25, 0.3) is 0 Å². The molecular formula is C12H22N4O6. The second-order valence-corrected chi connectivity index (χ2v) is 5.25. The van der Waals surface area contributed by atoms with Crippen LogP contribution >= 0.6 is 0 Å². The van der Waals surface area contributed by atoms with E-state index in [4.69, 9.17) is 9.47 Å². The largest absolute Gasteiger partial charge is 0.374 e. The Labute approximate surface area is 128 Å². The number of carbonyl (C=O) groups is 2. The molecule has 10 nitrogen and oxygen atoms in total. The summed E-state index contributed by atoms with van der Waals surface area (Å²) < 4.78 is 10.1. The molecule has 0 saturated carbocycles. The quantitative estimate of drug-likeness (QED) is 0.650. The molecule has 0 spiro atoms. The summed E-state index contributed by atoms with van der Waals surface area (Å²) in [4.78, 5) is 29.9. The van der Waals surface area contributed by atoms with E-state index < -0.39 is 36.8 Å². The molecular weight excluding hydrogens is 296 g/mol. The molecule has 2 atom stereocenters. The van der Waals surface area contributed by atoms with Crippen LogP contribution in [-0.4, -0.2) is 94.3 Å². The number of rotatable bonds is 6. The fourth-order valence-electron chi connectivity index (χ4n) is 2.96. The standard InChI is InChI=1S/C12H22N4O6/c1-7(17)15-10-9(13(5-21-3)11(15)19)14(6-22-4)12(20)16(10)8(2)18/h7-10,17-18H,5-6H2,1-4H3. The fraction of sp³-hybridized carbons (Fsp3) is 0.833. The smallest absolute Gasteiger partial charge is 0.327 e. The van der Waals surface area contributed by atoms with Gasteiger partial charge in [0.1, 0.15) is 25.9 Å². The first-order chi connectivity index (χ1) is 10.4. The normalized spacial score (nSPS) is 27.7. The number of methoxy groups -OCH3 is 2. The number of aliphatic hydroxyl groups is 2. The molecule has 0 aromatic heterocycles. The van der Waals surface area contributed by atoms with Crippen LogP contribution in [-0.2, 0) is 9.47 Å². The predicted molar refractivity (Wildman–Crippen MR) is 72.8 cm³/mol. The van der Waals surface area contributed by atoms with E-state index in [-0.39, 0.29) is 13.5 Å². The van der Waals surface area contributed by atoms with Crippen LogP contribution in [0.2, 0.25) is 0 Å². The van der Waals surface area contributed by atoms with E-state index in [9.17, 15) is 19.8 Å². The molecule has 2 rings (SSSR count). The third-order valence-corrected chi connectivity index (χ3v) is 3.75. The molecule has 10 heteroatoms. The molecule has 2 aliphatic rings. The topological polar surface area (TPSA) is 106 Å². The highest BCUT2D eigenvalue weighted by molar-refractivity contribution is 5.85. The number of fused-ring (bicyclic) bond motifs is 1. The predicted octanol–water partition coefficient (Wildman–Crippen LogP) is -1.00. The minimum Gasteiger partial charge on any atom is -0.374 e. The molecule has 2 saturated heterocycles. The number of aliphatic hydroxyl groups excluding tert-OH is 2. The van der Waals surface area contributed by atoms with E-state index in [1.54, 1.807) is 0 Å². The van der Waals surface area contributed by atoms with Crippen molar-refractivity contribution < 1.29 is 29.3 Å². The van der Waals surface area contributed by atoms with Gasteiger partial charge in [-0.05, 0) is 13.8 Å². The minimum absolute atomic E-state index is 0.0512. The van der Waals surface area contributed by atoms with Crippen molar-refractivity contribution in [3.05, 3.63) is 0 Å². The lowest BCUT2D eigenvalue weighted by atomic mass is 10.3. The van der Waals surface area contributed by atoms with Gasteiger partial charge in [-0.2, -0.15) is 0 Å². The Hall–Kier alpha value is -1.62. The summed E-state index contributed by atoms with van der Waals surface area (Å²) in [6.07, 6.45) is -3.80. The van der Waals surface area contributed by atoms with Crippen LogP contribution in [0, 0.1) is 0 Å². The molecule has 0 radical (unpaired) electrons. The van der Waals surface area contributed by atoms with Crippen molar-refractivity contribution in [3.63, 3.8) is 0 Å².